The van der Waals surface area contributed by atoms with Gasteiger partial charge in [-0.3, -0.25) is 0 Å². The van der Waals surface area contributed by atoms with E-state index in [0.29, 0.717) is 0 Å². The molecule has 0 spiro atoms. The van der Waals surface area contributed by atoms with E-state index in [1.54, 1.807) is 6.42 Å². The van der Waals surface area contributed by atoms with E-state index < -0.39 is 0 Å². The summed E-state index contributed by atoms with van der Waals surface area (Å²) >= 11 is 0. The van der Waals surface area contributed by atoms with Gasteiger partial charge >= 0.3 is 0 Å². The molecule has 9 atom stereocenters. The fourth-order valence-corrected chi connectivity index (χ4v) is 7.07. The predicted molar refractivity (Wildman–Crippen MR) is 55.5 cm³/mol. The van der Waals surface area contributed by atoms with Crippen LogP contribution in [-0.4, -0.2) is 0 Å². The van der Waals surface area contributed by atoms with Crippen molar-refractivity contribution in [3.63, 3.8) is 0 Å². The normalized spacial score (nSPS) is 78.6. The first-order valence-electron chi connectivity index (χ1n) is 6.64. The molecule has 0 aromatic carbocycles. The van der Waals surface area contributed by atoms with Crippen LogP contribution in [0, 0.1) is 58.7 Å². The molecule has 5 rings (SSSR count). The van der Waals surface area contributed by atoms with Gasteiger partial charge < -0.3 is 0 Å². The van der Waals surface area contributed by atoms with E-state index in [1.165, 1.54) is 41.4 Å². The topological polar surface area (TPSA) is 0 Å². The first kappa shape index (κ1) is 7.30. The van der Waals surface area contributed by atoms with Gasteiger partial charge in [0.1, 0.15) is 0 Å². The second kappa shape index (κ2) is 1.62. The van der Waals surface area contributed by atoms with Crippen LogP contribution in [0.15, 0.2) is 0 Å². The van der Waals surface area contributed by atoms with Crippen molar-refractivity contribution in [1.29, 1.82) is 0 Å². The van der Waals surface area contributed by atoms with E-state index in [0.717, 1.165) is 17.3 Å². The van der Waals surface area contributed by atoms with Crippen molar-refractivity contribution in [1.82, 2.24) is 0 Å². The maximum Gasteiger partial charge on any atom is -0.0286 e. The zero-order valence-corrected chi connectivity index (χ0v) is 9.40. The van der Waals surface area contributed by atoms with Crippen molar-refractivity contribution in [2.75, 3.05) is 0 Å². The Hall–Kier alpha value is 0. The zero-order valence-electron chi connectivity index (χ0n) is 9.40. The van der Waals surface area contributed by atoms with Crippen LogP contribution in [0.4, 0.5) is 0 Å². The van der Waals surface area contributed by atoms with E-state index in [9.17, 15) is 0 Å². The number of fused-ring (bicyclic) bond motifs is 4. The van der Waals surface area contributed by atoms with Crippen molar-refractivity contribution in [2.45, 2.75) is 27.2 Å². The quantitative estimate of drug-likeness (QED) is 0.548. The summed E-state index contributed by atoms with van der Waals surface area (Å²) in [5, 5.41) is 0. The van der Waals surface area contributed by atoms with Crippen LogP contribution >= 0.6 is 0 Å². The van der Waals surface area contributed by atoms with E-state index >= 15 is 0 Å². The SMILES string of the molecule is C[C@@H]1C2C3C(C4C[C@@H]42)C1[C@@H]1C3C1(C)C. The summed E-state index contributed by atoms with van der Waals surface area (Å²) in [6.45, 7) is 7.68. The molecule has 0 saturated heterocycles. The molecule has 0 N–H and O–H groups in total. The molecule has 6 unspecified atom stereocenters. The molecule has 0 radical (unpaired) electrons. The average molecular weight is 188 g/mol. The molecule has 0 nitrogen and oxygen atoms in total. The molecule has 76 valence electrons. The summed E-state index contributed by atoms with van der Waals surface area (Å²) in [6, 6.07) is 0. The molecule has 5 aliphatic carbocycles. The van der Waals surface area contributed by atoms with Crippen molar-refractivity contribution < 1.29 is 0 Å². The highest BCUT2D eigenvalue weighted by Gasteiger charge is 2.84. The zero-order chi connectivity index (χ0) is 9.40. The van der Waals surface area contributed by atoms with E-state index in [-0.39, 0.29) is 0 Å². The van der Waals surface area contributed by atoms with Crippen LogP contribution in [0.2, 0.25) is 0 Å². The van der Waals surface area contributed by atoms with Gasteiger partial charge in [0.25, 0.3) is 0 Å². The third-order valence-electron chi connectivity index (χ3n) is 7.25. The van der Waals surface area contributed by atoms with Gasteiger partial charge in [0.15, 0.2) is 0 Å². The Morgan fingerprint density at radius 1 is 0.857 bits per heavy atom. The molecule has 0 aromatic heterocycles. The third-order valence-corrected chi connectivity index (χ3v) is 7.25. The monoisotopic (exact) mass is 188 g/mol. The van der Waals surface area contributed by atoms with Crippen LogP contribution in [-0.2, 0) is 0 Å². The van der Waals surface area contributed by atoms with Crippen molar-refractivity contribution in [3.8, 4) is 0 Å². The molecule has 0 amide bonds. The average Bonchev–Trinajstić information content (AvgIpc) is 2.87. The summed E-state index contributed by atoms with van der Waals surface area (Å²) in [4.78, 5) is 0. The lowest BCUT2D eigenvalue weighted by atomic mass is 9.75. The minimum absolute atomic E-state index is 0.756. The van der Waals surface area contributed by atoms with Gasteiger partial charge in [-0.2, -0.15) is 0 Å². The minimum atomic E-state index is 0.756. The Balaban J connectivity index is 1.68. The lowest BCUT2D eigenvalue weighted by molar-refractivity contribution is 0.180. The largest absolute Gasteiger partial charge is 0.0619 e. The maximum atomic E-state index is 2.58. The molecule has 0 aromatic rings. The Morgan fingerprint density at radius 2 is 1.50 bits per heavy atom. The van der Waals surface area contributed by atoms with E-state index in [2.05, 4.69) is 20.8 Å². The summed E-state index contributed by atoms with van der Waals surface area (Å²) in [7, 11) is 0. The minimum Gasteiger partial charge on any atom is -0.0619 e. The Kier molecular flexibility index (Phi) is 0.845. The van der Waals surface area contributed by atoms with Gasteiger partial charge in [-0.15, -0.1) is 0 Å². The van der Waals surface area contributed by atoms with Crippen LogP contribution in [0.5, 0.6) is 0 Å². The fourth-order valence-electron chi connectivity index (χ4n) is 7.07. The molecule has 0 heteroatoms. The molecule has 5 saturated carbocycles. The molecule has 0 aliphatic heterocycles. The molecule has 4 bridgehead atoms. The predicted octanol–water partition coefficient (Wildman–Crippen LogP) is 3.04. The maximum absolute atomic E-state index is 2.58. The molecule has 5 aliphatic rings. The fraction of sp³-hybridized carbons (Fsp3) is 1.00. The van der Waals surface area contributed by atoms with Gasteiger partial charge in [0.2, 0.25) is 0 Å². The standard InChI is InChI=1S/C14H20/c1-5-8-6-4-7(6)10-9(5)12-13(11(8)10)14(12,2)3/h5-13H,4H2,1-3H3/t5-,6+,7?,8?,9?,10?,11?,12-,13?/m1/s1. The van der Waals surface area contributed by atoms with Crippen molar-refractivity contribution in [3.05, 3.63) is 0 Å². The van der Waals surface area contributed by atoms with Gasteiger partial charge in [0, 0.05) is 0 Å². The van der Waals surface area contributed by atoms with Crippen molar-refractivity contribution >= 4 is 0 Å². The Bertz CT molecular complexity index is 316. The lowest BCUT2D eigenvalue weighted by Gasteiger charge is -2.29. The van der Waals surface area contributed by atoms with Crippen LogP contribution in [0.3, 0.4) is 0 Å². The third kappa shape index (κ3) is 0.463. The second-order valence-corrected chi connectivity index (χ2v) is 7.60. The highest BCUT2D eigenvalue weighted by Crippen LogP contribution is 2.88. The summed E-state index contributed by atoms with van der Waals surface area (Å²) < 4.78 is 0. The van der Waals surface area contributed by atoms with Crippen LogP contribution in [0.25, 0.3) is 0 Å². The highest BCUT2D eigenvalue weighted by atomic mass is 14.9. The molecular formula is C14H20. The molecule has 0 heterocycles. The van der Waals surface area contributed by atoms with Gasteiger partial charge in [-0.25, -0.2) is 0 Å². The van der Waals surface area contributed by atoms with E-state index in [4.69, 9.17) is 0 Å². The summed E-state index contributed by atoms with van der Waals surface area (Å²) in [5.74, 6) is 10.7. The van der Waals surface area contributed by atoms with Crippen LogP contribution < -0.4 is 0 Å². The number of hydrogen-bond acceptors (Lipinski definition) is 0. The first-order valence-corrected chi connectivity index (χ1v) is 6.64. The molecule has 5 fully saturated rings. The molecule has 14 heavy (non-hydrogen) atoms. The smallest absolute Gasteiger partial charge is 0.0286 e. The highest BCUT2D eigenvalue weighted by molar-refractivity contribution is 5.31. The van der Waals surface area contributed by atoms with Crippen molar-refractivity contribution in [2.24, 2.45) is 58.7 Å². The Morgan fingerprint density at radius 3 is 2.29 bits per heavy atom. The summed E-state index contributed by atoms with van der Waals surface area (Å²) in [6.07, 6.45) is 1.63. The van der Waals surface area contributed by atoms with Crippen LogP contribution in [0.1, 0.15) is 27.2 Å². The number of rotatable bonds is 0. The van der Waals surface area contributed by atoms with Gasteiger partial charge in [0.05, 0.1) is 0 Å². The van der Waals surface area contributed by atoms with E-state index in [1.807, 2.05) is 0 Å². The lowest BCUT2D eigenvalue weighted by Crippen LogP contribution is -2.25. The second-order valence-electron chi connectivity index (χ2n) is 7.60. The summed E-state index contributed by atoms with van der Waals surface area (Å²) in [5.41, 5.74) is 0.756. The Labute approximate surface area is 86.5 Å². The number of hydrogen-bond donors (Lipinski definition) is 0. The molecular weight excluding hydrogens is 168 g/mol. The van der Waals surface area contributed by atoms with Gasteiger partial charge in [-0.1, -0.05) is 20.8 Å². The first-order chi connectivity index (χ1) is 6.64. The van der Waals surface area contributed by atoms with Gasteiger partial charge in [-0.05, 0) is 65.1 Å².